The van der Waals surface area contributed by atoms with Crippen LogP contribution in [0, 0.1) is 16.7 Å². The predicted molar refractivity (Wildman–Crippen MR) is 47.4 cm³/mol. The van der Waals surface area contributed by atoms with Gasteiger partial charge in [0.1, 0.15) is 11.2 Å². The normalized spacial score (nSPS) is 15.1. The number of hydrogen-bond acceptors (Lipinski definition) is 3. The standard InChI is InChI=1S/C8H13NOS/c1-7(10)8(2,6-9)4-5-11-3/h4-5H2,1-3H3. The molecule has 0 saturated heterocycles. The summed E-state index contributed by atoms with van der Waals surface area (Å²) in [7, 11) is 0. The summed E-state index contributed by atoms with van der Waals surface area (Å²) in [5, 5.41) is 8.70. The predicted octanol–water partition coefficient (Wildman–Crippen LogP) is 1.86. The lowest BCUT2D eigenvalue weighted by Crippen LogP contribution is -2.24. The number of ketones is 1. The lowest BCUT2D eigenvalue weighted by molar-refractivity contribution is -0.123. The van der Waals surface area contributed by atoms with Gasteiger partial charge in [-0.1, -0.05) is 0 Å². The van der Waals surface area contributed by atoms with Gasteiger partial charge < -0.3 is 0 Å². The monoisotopic (exact) mass is 171 g/mol. The first-order chi connectivity index (χ1) is 5.06. The molecule has 3 heteroatoms. The molecule has 0 heterocycles. The Labute approximate surface area is 72.0 Å². The van der Waals surface area contributed by atoms with E-state index in [4.69, 9.17) is 5.26 Å². The quantitative estimate of drug-likeness (QED) is 0.648. The van der Waals surface area contributed by atoms with Crippen LogP contribution in [0.5, 0.6) is 0 Å². The van der Waals surface area contributed by atoms with E-state index in [1.165, 1.54) is 6.92 Å². The molecular weight excluding hydrogens is 158 g/mol. The van der Waals surface area contributed by atoms with Gasteiger partial charge in [-0.15, -0.1) is 0 Å². The third-order valence-corrected chi connectivity index (χ3v) is 2.44. The van der Waals surface area contributed by atoms with Crippen molar-refractivity contribution >= 4 is 17.5 Å². The second-order valence-electron chi connectivity index (χ2n) is 2.74. The second-order valence-corrected chi connectivity index (χ2v) is 3.73. The van der Waals surface area contributed by atoms with E-state index in [9.17, 15) is 4.79 Å². The van der Waals surface area contributed by atoms with Gasteiger partial charge in [0.15, 0.2) is 0 Å². The molecule has 0 aromatic rings. The van der Waals surface area contributed by atoms with Crippen LogP contribution in [0.3, 0.4) is 0 Å². The molecule has 0 aliphatic rings. The molecule has 0 N–H and O–H groups in total. The molecular formula is C8H13NOS. The molecule has 0 amide bonds. The van der Waals surface area contributed by atoms with Crippen molar-refractivity contribution in [2.24, 2.45) is 5.41 Å². The molecule has 0 aliphatic carbocycles. The minimum atomic E-state index is -0.761. The highest BCUT2D eigenvalue weighted by atomic mass is 32.2. The van der Waals surface area contributed by atoms with Gasteiger partial charge in [0.05, 0.1) is 6.07 Å². The van der Waals surface area contributed by atoms with Crippen LogP contribution in [0.4, 0.5) is 0 Å². The number of nitriles is 1. The number of thioether (sulfide) groups is 1. The number of carbonyl (C=O) groups is 1. The Morgan fingerprint density at radius 3 is 2.55 bits per heavy atom. The average Bonchev–Trinajstić information content (AvgIpc) is 2.00. The molecule has 11 heavy (non-hydrogen) atoms. The van der Waals surface area contributed by atoms with Crippen molar-refractivity contribution in [2.75, 3.05) is 12.0 Å². The van der Waals surface area contributed by atoms with Gasteiger partial charge in [0, 0.05) is 0 Å². The molecule has 2 nitrogen and oxygen atoms in total. The van der Waals surface area contributed by atoms with Crippen LogP contribution in [0.2, 0.25) is 0 Å². The van der Waals surface area contributed by atoms with Crippen molar-refractivity contribution in [1.29, 1.82) is 5.26 Å². The van der Waals surface area contributed by atoms with Crippen molar-refractivity contribution in [1.82, 2.24) is 0 Å². The maximum atomic E-state index is 11.0. The van der Waals surface area contributed by atoms with Crippen molar-refractivity contribution in [3.05, 3.63) is 0 Å². The Kier molecular flexibility index (Phi) is 4.20. The molecule has 0 bridgehead atoms. The van der Waals surface area contributed by atoms with Crippen LogP contribution in [0.15, 0.2) is 0 Å². The Hall–Kier alpha value is -0.490. The molecule has 1 atom stereocenters. The molecule has 1 unspecified atom stereocenters. The minimum Gasteiger partial charge on any atom is -0.298 e. The summed E-state index contributed by atoms with van der Waals surface area (Å²) in [4.78, 5) is 11.0. The molecule has 0 aromatic heterocycles. The highest BCUT2D eigenvalue weighted by molar-refractivity contribution is 7.98. The summed E-state index contributed by atoms with van der Waals surface area (Å²) in [6.45, 7) is 3.18. The topological polar surface area (TPSA) is 40.9 Å². The largest absolute Gasteiger partial charge is 0.298 e. The zero-order valence-electron chi connectivity index (χ0n) is 7.18. The highest BCUT2D eigenvalue weighted by Gasteiger charge is 2.28. The van der Waals surface area contributed by atoms with Gasteiger partial charge in [0.2, 0.25) is 0 Å². The third-order valence-electron chi connectivity index (χ3n) is 1.83. The van der Waals surface area contributed by atoms with Crippen LogP contribution in [0.1, 0.15) is 20.3 Å². The van der Waals surface area contributed by atoms with Crippen molar-refractivity contribution < 1.29 is 4.79 Å². The van der Waals surface area contributed by atoms with E-state index >= 15 is 0 Å². The number of rotatable bonds is 4. The Morgan fingerprint density at radius 1 is 1.73 bits per heavy atom. The fraction of sp³-hybridized carbons (Fsp3) is 0.750. The van der Waals surface area contributed by atoms with Crippen LogP contribution in [-0.4, -0.2) is 17.8 Å². The van der Waals surface area contributed by atoms with E-state index in [2.05, 4.69) is 0 Å². The van der Waals surface area contributed by atoms with Crippen LogP contribution >= 0.6 is 11.8 Å². The number of carbonyl (C=O) groups excluding carboxylic acids is 1. The molecule has 0 aromatic carbocycles. The number of Topliss-reactive ketones (excluding diaryl/α,β-unsaturated/α-hetero) is 1. The lowest BCUT2D eigenvalue weighted by Gasteiger charge is -2.16. The Morgan fingerprint density at radius 2 is 2.27 bits per heavy atom. The second kappa shape index (κ2) is 4.40. The lowest BCUT2D eigenvalue weighted by atomic mass is 9.85. The fourth-order valence-electron chi connectivity index (χ4n) is 0.617. The zero-order valence-corrected chi connectivity index (χ0v) is 7.99. The van der Waals surface area contributed by atoms with Crippen molar-refractivity contribution in [3.63, 3.8) is 0 Å². The molecule has 0 fully saturated rings. The van der Waals surface area contributed by atoms with Gasteiger partial charge in [-0.25, -0.2) is 0 Å². The van der Waals surface area contributed by atoms with Crippen LogP contribution in [0.25, 0.3) is 0 Å². The van der Waals surface area contributed by atoms with E-state index in [1.807, 2.05) is 12.3 Å². The average molecular weight is 171 g/mol. The summed E-state index contributed by atoms with van der Waals surface area (Å²) in [6, 6.07) is 2.05. The van der Waals surface area contributed by atoms with Crippen LogP contribution in [-0.2, 0) is 4.79 Å². The van der Waals surface area contributed by atoms with E-state index in [-0.39, 0.29) is 5.78 Å². The summed E-state index contributed by atoms with van der Waals surface area (Å²) < 4.78 is 0. The van der Waals surface area contributed by atoms with Gasteiger partial charge in [-0.05, 0) is 32.3 Å². The molecule has 0 aliphatic heterocycles. The summed E-state index contributed by atoms with van der Waals surface area (Å²) in [6.07, 6.45) is 2.62. The molecule has 0 spiro atoms. The SMILES string of the molecule is CSCCC(C)(C#N)C(C)=O. The first-order valence-corrected chi connectivity index (χ1v) is 4.87. The van der Waals surface area contributed by atoms with Gasteiger partial charge in [-0.2, -0.15) is 17.0 Å². The maximum Gasteiger partial charge on any atom is 0.149 e. The molecule has 0 radical (unpaired) electrons. The van der Waals surface area contributed by atoms with Gasteiger partial charge in [-0.3, -0.25) is 4.79 Å². The molecule has 0 saturated carbocycles. The summed E-state index contributed by atoms with van der Waals surface area (Å²) in [5.74, 6) is 0.831. The van der Waals surface area contributed by atoms with E-state index < -0.39 is 5.41 Å². The Balaban J connectivity index is 4.14. The molecule has 0 rings (SSSR count). The number of hydrogen-bond donors (Lipinski definition) is 0. The smallest absolute Gasteiger partial charge is 0.149 e. The van der Waals surface area contributed by atoms with Crippen molar-refractivity contribution in [3.8, 4) is 6.07 Å². The minimum absolute atomic E-state index is 0.0333. The summed E-state index contributed by atoms with van der Waals surface area (Å²) >= 11 is 1.66. The van der Waals surface area contributed by atoms with E-state index in [0.717, 1.165) is 5.75 Å². The van der Waals surface area contributed by atoms with Crippen LogP contribution < -0.4 is 0 Å². The van der Waals surface area contributed by atoms with Crippen molar-refractivity contribution in [2.45, 2.75) is 20.3 Å². The highest BCUT2D eigenvalue weighted by Crippen LogP contribution is 2.22. The zero-order chi connectivity index (χ0) is 8.91. The Bertz CT molecular complexity index is 185. The fourth-order valence-corrected chi connectivity index (χ4v) is 1.23. The van der Waals surface area contributed by atoms with Gasteiger partial charge >= 0.3 is 0 Å². The molecule has 62 valence electrons. The first-order valence-electron chi connectivity index (χ1n) is 3.48. The third kappa shape index (κ3) is 2.94. The number of nitrogens with zero attached hydrogens (tertiary/aromatic N) is 1. The summed E-state index contributed by atoms with van der Waals surface area (Å²) in [5.41, 5.74) is -0.761. The van der Waals surface area contributed by atoms with E-state index in [1.54, 1.807) is 18.7 Å². The van der Waals surface area contributed by atoms with E-state index in [0.29, 0.717) is 6.42 Å². The first kappa shape index (κ1) is 10.5. The maximum absolute atomic E-state index is 11.0. The van der Waals surface area contributed by atoms with Gasteiger partial charge in [0.25, 0.3) is 0 Å².